The van der Waals surface area contributed by atoms with Crippen molar-refractivity contribution in [2.24, 2.45) is 0 Å². The van der Waals surface area contributed by atoms with Crippen LogP contribution < -0.4 is 0 Å². The van der Waals surface area contributed by atoms with Crippen LogP contribution in [-0.2, 0) is 9.53 Å². The van der Waals surface area contributed by atoms with Gasteiger partial charge in [-0.3, -0.25) is 4.79 Å². The van der Waals surface area contributed by atoms with Gasteiger partial charge in [-0.05, 0) is 32.1 Å². The number of hydrogen-bond acceptors (Lipinski definition) is 2. The Morgan fingerprint density at radius 2 is 1.61 bits per heavy atom. The quantitative estimate of drug-likeness (QED) is 0.171. The van der Waals surface area contributed by atoms with Gasteiger partial charge in [-0.15, -0.1) is 6.58 Å². The van der Waals surface area contributed by atoms with Gasteiger partial charge in [0.05, 0.1) is 20.6 Å². The van der Waals surface area contributed by atoms with Crippen molar-refractivity contribution in [1.82, 2.24) is 0 Å². The van der Waals surface area contributed by atoms with Gasteiger partial charge < -0.3 is 9.22 Å². The number of hydrogen-bond donors (Lipinski definition) is 0. The maximum Gasteiger partial charge on any atom is 0.305 e. The van der Waals surface area contributed by atoms with E-state index in [1.54, 1.807) is 0 Å². The molecule has 23 heavy (non-hydrogen) atoms. The smallest absolute Gasteiger partial charge is 0.305 e. The zero-order chi connectivity index (χ0) is 17.4. The number of quaternary nitrogens is 1. The first-order chi connectivity index (χ1) is 11.0. The topological polar surface area (TPSA) is 26.3 Å². The fourth-order valence-electron chi connectivity index (χ4n) is 2.65. The number of carbonyl (C=O) groups is 1. The van der Waals surface area contributed by atoms with Gasteiger partial charge >= 0.3 is 5.97 Å². The Morgan fingerprint density at radius 1 is 0.957 bits per heavy atom. The summed E-state index contributed by atoms with van der Waals surface area (Å²) < 4.78 is 6.32. The van der Waals surface area contributed by atoms with Crippen molar-refractivity contribution in [3.8, 4) is 0 Å². The van der Waals surface area contributed by atoms with Gasteiger partial charge in [-0.2, -0.15) is 0 Å². The van der Waals surface area contributed by atoms with Crippen LogP contribution in [0.2, 0.25) is 0 Å². The van der Waals surface area contributed by atoms with E-state index in [2.05, 4.69) is 27.6 Å². The maximum absolute atomic E-state index is 11.7. The van der Waals surface area contributed by atoms with E-state index < -0.39 is 0 Å². The summed E-state index contributed by atoms with van der Waals surface area (Å²) in [6.07, 6.45) is 14.6. The Balaban J connectivity index is 3.47. The summed E-state index contributed by atoms with van der Waals surface area (Å²) in [4.78, 5) is 11.7. The molecule has 3 heteroatoms. The van der Waals surface area contributed by atoms with Crippen LogP contribution in [0.5, 0.6) is 0 Å². The van der Waals surface area contributed by atoms with Crippen LogP contribution in [0.1, 0.15) is 77.6 Å². The molecule has 0 heterocycles. The van der Waals surface area contributed by atoms with Gasteiger partial charge in [-0.1, -0.05) is 45.1 Å². The summed E-state index contributed by atoms with van der Waals surface area (Å²) in [7, 11) is 4.44. The highest BCUT2D eigenvalue weighted by Gasteiger charge is 2.15. The van der Waals surface area contributed by atoms with Crippen molar-refractivity contribution in [3.05, 3.63) is 12.7 Å². The Labute approximate surface area is 144 Å². The Kier molecular flexibility index (Phi) is 14.2. The number of likely N-dealkylation sites (N-methyl/N-ethyl adjacent to an activating group) is 1. The van der Waals surface area contributed by atoms with E-state index >= 15 is 0 Å². The second-order valence-electron chi connectivity index (χ2n) is 7.26. The lowest BCUT2D eigenvalue weighted by Gasteiger charge is -2.29. The van der Waals surface area contributed by atoms with Crippen LogP contribution >= 0.6 is 0 Å². The first-order valence-electron chi connectivity index (χ1n) is 9.60. The fraction of sp³-hybridized carbons (Fsp3) is 0.850. The zero-order valence-corrected chi connectivity index (χ0v) is 15.9. The third-order valence-electron chi connectivity index (χ3n) is 4.37. The highest BCUT2D eigenvalue weighted by Crippen LogP contribution is 2.09. The van der Waals surface area contributed by atoms with E-state index in [1.807, 2.05) is 6.08 Å². The third-order valence-corrected chi connectivity index (χ3v) is 4.37. The second kappa shape index (κ2) is 14.7. The summed E-state index contributed by atoms with van der Waals surface area (Å²) in [5.41, 5.74) is 0. The molecule has 136 valence electrons. The van der Waals surface area contributed by atoms with Crippen LogP contribution in [0.4, 0.5) is 0 Å². The summed E-state index contributed by atoms with van der Waals surface area (Å²) in [6, 6.07) is 0. The Morgan fingerprint density at radius 3 is 2.26 bits per heavy atom. The van der Waals surface area contributed by atoms with Gasteiger partial charge in [0.25, 0.3) is 0 Å². The molecule has 0 saturated carbocycles. The minimum Gasteiger partial charge on any atom is -0.460 e. The zero-order valence-electron chi connectivity index (χ0n) is 15.9. The predicted molar refractivity (Wildman–Crippen MR) is 99.5 cm³/mol. The van der Waals surface area contributed by atoms with E-state index in [0.717, 1.165) is 36.8 Å². The van der Waals surface area contributed by atoms with Crippen molar-refractivity contribution >= 4 is 5.97 Å². The van der Waals surface area contributed by atoms with Crippen molar-refractivity contribution in [3.63, 3.8) is 0 Å². The number of allylic oxidation sites excluding steroid dienone is 1. The average Bonchev–Trinajstić information content (AvgIpc) is 2.50. The molecule has 3 nitrogen and oxygen atoms in total. The number of ether oxygens (including phenoxy) is 1. The Hall–Kier alpha value is -0.830. The summed E-state index contributed by atoms with van der Waals surface area (Å²) in [5.74, 6) is -0.0229. The van der Waals surface area contributed by atoms with Crippen molar-refractivity contribution < 1.29 is 14.0 Å². The third kappa shape index (κ3) is 15.8. The molecule has 0 radical (unpaired) electrons. The van der Waals surface area contributed by atoms with Crippen LogP contribution in [0.3, 0.4) is 0 Å². The summed E-state index contributed by atoms with van der Waals surface area (Å²) in [5, 5.41) is 0. The molecule has 0 saturated heterocycles. The normalized spacial score (nSPS) is 11.4. The number of nitrogens with zero attached hydrogens (tertiary/aromatic N) is 1. The molecule has 0 aliphatic rings. The van der Waals surface area contributed by atoms with Crippen LogP contribution in [0, 0.1) is 0 Å². The van der Waals surface area contributed by atoms with Crippen molar-refractivity contribution in [1.29, 1.82) is 0 Å². The average molecular weight is 327 g/mol. The first kappa shape index (κ1) is 22.2. The number of unbranched alkanes of at least 4 members (excludes halogenated alkanes) is 8. The molecule has 0 rings (SSSR count). The lowest BCUT2D eigenvalue weighted by atomic mass is 10.1. The van der Waals surface area contributed by atoms with Crippen LogP contribution in [0.15, 0.2) is 12.7 Å². The summed E-state index contributed by atoms with van der Waals surface area (Å²) >= 11 is 0. The molecule has 0 N–H and O–H groups in total. The van der Waals surface area contributed by atoms with Crippen LogP contribution in [-0.4, -0.2) is 44.2 Å². The van der Waals surface area contributed by atoms with E-state index in [4.69, 9.17) is 4.74 Å². The molecule has 0 aliphatic carbocycles. The molecule has 0 aromatic carbocycles. The van der Waals surface area contributed by atoms with Gasteiger partial charge in [0, 0.05) is 6.42 Å². The van der Waals surface area contributed by atoms with Gasteiger partial charge in [0.2, 0.25) is 0 Å². The standard InChI is InChI=1S/C20H40NO2/c1-5-7-9-10-11-12-13-14-16-20(22)23-19-18-21(3,4)17-15-8-6-2/h5H,1,6-19H2,2-4H3/q+1. The number of carbonyl (C=O) groups excluding carboxylic acids is 1. The second-order valence-corrected chi connectivity index (χ2v) is 7.26. The minimum absolute atomic E-state index is 0.0229. The highest BCUT2D eigenvalue weighted by atomic mass is 16.5. The SMILES string of the molecule is C=CCCCCCCCCC(=O)OCC[N+](C)(C)CCCCC. The van der Waals surface area contributed by atoms with E-state index in [9.17, 15) is 4.79 Å². The van der Waals surface area contributed by atoms with Gasteiger partial charge in [0.15, 0.2) is 0 Å². The number of rotatable bonds is 16. The van der Waals surface area contributed by atoms with E-state index in [0.29, 0.717) is 13.0 Å². The predicted octanol–water partition coefficient (Wildman–Crippen LogP) is 5.10. The van der Waals surface area contributed by atoms with Gasteiger partial charge in [0.1, 0.15) is 13.2 Å². The molecule has 0 atom stereocenters. The molecular weight excluding hydrogens is 286 g/mol. The first-order valence-corrected chi connectivity index (χ1v) is 9.60. The molecule has 0 aromatic rings. The highest BCUT2D eigenvalue weighted by molar-refractivity contribution is 5.69. The molecule has 0 amide bonds. The van der Waals surface area contributed by atoms with Gasteiger partial charge in [-0.25, -0.2) is 0 Å². The molecular formula is C20H40NO2+. The fourth-order valence-corrected chi connectivity index (χ4v) is 2.65. The molecule has 0 spiro atoms. The van der Waals surface area contributed by atoms with Crippen LogP contribution in [0.25, 0.3) is 0 Å². The molecule has 0 unspecified atom stereocenters. The van der Waals surface area contributed by atoms with E-state index in [-0.39, 0.29) is 5.97 Å². The lowest BCUT2D eigenvalue weighted by Crippen LogP contribution is -2.43. The monoisotopic (exact) mass is 326 g/mol. The molecule has 0 fully saturated rings. The van der Waals surface area contributed by atoms with E-state index in [1.165, 1.54) is 44.9 Å². The molecule has 0 aliphatic heterocycles. The summed E-state index contributed by atoms with van der Waals surface area (Å²) in [6.45, 7) is 8.59. The minimum atomic E-state index is -0.0229. The van der Waals surface area contributed by atoms with Crippen molar-refractivity contribution in [2.45, 2.75) is 77.6 Å². The molecule has 0 bridgehead atoms. The lowest BCUT2D eigenvalue weighted by molar-refractivity contribution is -0.890. The Bertz CT molecular complexity index is 300. The molecule has 0 aromatic heterocycles. The maximum atomic E-state index is 11.7. The number of esters is 1. The van der Waals surface area contributed by atoms with Crippen molar-refractivity contribution in [2.75, 3.05) is 33.8 Å². The largest absolute Gasteiger partial charge is 0.460 e.